The van der Waals surface area contributed by atoms with Crippen molar-refractivity contribution in [1.29, 1.82) is 0 Å². The van der Waals surface area contributed by atoms with Gasteiger partial charge in [-0.05, 0) is 11.6 Å². The van der Waals surface area contributed by atoms with Crippen molar-refractivity contribution in [3.8, 4) is 0 Å². The molecular weight excluding hydrogens is 284 g/mol. The summed E-state index contributed by atoms with van der Waals surface area (Å²) in [5, 5.41) is 15.0. The third-order valence-corrected chi connectivity index (χ3v) is 4.09. The second kappa shape index (κ2) is 6.99. The Hall–Kier alpha value is -2.10. The zero-order valence-electron chi connectivity index (χ0n) is 13.7. The zero-order valence-corrected chi connectivity index (χ0v) is 13.7. The van der Waals surface area contributed by atoms with Crippen LogP contribution < -0.4 is 5.32 Å². The molecule has 3 aromatic rings. The highest BCUT2D eigenvalue weighted by atomic mass is 16.3. The Morgan fingerprint density at radius 1 is 1.00 bits per heavy atom. The molecule has 2 aromatic carbocycles. The van der Waals surface area contributed by atoms with Crippen molar-refractivity contribution in [3.63, 3.8) is 0 Å². The number of benzene rings is 2. The number of hydrogen-bond donors (Lipinski definition) is 2. The van der Waals surface area contributed by atoms with Crippen LogP contribution in [0.4, 0.5) is 0 Å². The van der Waals surface area contributed by atoms with Crippen molar-refractivity contribution in [3.05, 3.63) is 71.9 Å². The molecule has 1 aromatic heterocycles. The third kappa shape index (κ3) is 3.63. The van der Waals surface area contributed by atoms with Crippen LogP contribution in [0.5, 0.6) is 0 Å². The number of aliphatic hydroxyl groups excluding tert-OH is 1. The number of nitrogens with zero attached hydrogens (tertiary/aromatic N) is 1. The summed E-state index contributed by atoms with van der Waals surface area (Å²) in [6, 6.07) is 19.1. The minimum atomic E-state index is -0.501. The summed E-state index contributed by atoms with van der Waals surface area (Å²) >= 11 is 0. The van der Waals surface area contributed by atoms with E-state index >= 15 is 0 Å². The van der Waals surface area contributed by atoms with Gasteiger partial charge in [-0.2, -0.15) is 0 Å². The standard InChI is InChI=1S/C20H24N2O/c1-15(2)21-12-20(23)18-14-22(13-16-8-4-3-5-9-16)19-11-7-6-10-17(18)19/h3-11,14-15,20-21,23H,12-13H2,1-2H3. The number of nitrogens with one attached hydrogen (secondary N) is 1. The topological polar surface area (TPSA) is 37.2 Å². The van der Waals surface area contributed by atoms with Crippen molar-refractivity contribution >= 4 is 10.9 Å². The van der Waals surface area contributed by atoms with Crippen molar-refractivity contribution in [2.24, 2.45) is 0 Å². The van der Waals surface area contributed by atoms with Crippen LogP contribution in [0, 0.1) is 0 Å². The highest BCUT2D eigenvalue weighted by Gasteiger charge is 2.15. The molecule has 0 aliphatic heterocycles. The summed E-state index contributed by atoms with van der Waals surface area (Å²) in [7, 11) is 0. The van der Waals surface area contributed by atoms with Crippen LogP contribution >= 0.6 is 0 Å². The Bertz CT molecular complexity index is 762. The first kappa shape index (κ1) is 15.8. The first-order valence-electron chi connectivity index (χ1n) is 8.18. The predicted octanol–water partition coefficient (Wildman–Crippen LogP) is 3.72. The van der Waals surface area contributed by atoms with Gasteiger partial charge in [0.1, 0.15) is 0 Å². The maximum Gasteiger partial charge on any atom is 0.0935 e. The highest BCUT2D eigenvalue weighted by molar-refractivity contribution is 5.84. The second-order valence-electron chi connectivity index (χ2n) is 6.29. The second-order valence-corrected chi connectivity index (χ2v) is 6.29. The molecule has 3 nitrogen and oxygen atoms in total. The average Bonchev–Trinajstić information content (AvgIpc) is 2.92. The molecule has 120 valence electrons. The van der Waals surface area contributed by atoms with E-state index in [-0.39, 0.29) is 0 Å². The van der Waals surface area contributed by atoms with E-state index in [4.69, 9.17) is 0 Å². The summed E-state index contributed by atoms with van der Waals surface area (Å²) in [5.74, 6) is 0. The number of aromatic nitrogens is 1. The molecular formula is C20H24N2O. The number of para-hydroxylation sites is 1. The van der Waals surface area contributed by atoms with Gasteiger partial charge in [0.25, 0.3) is 0 Å². The fraction of sp³-hybridized carbons (Fsp3) is 0.300. The van der Waals surface area contributed by atoms with Crippen LogP contribution in [-0.4, -0.2) is 22.3 Å². The molecule has 0 radical (unpaired) electrons. The lowest BCUT2D eigenvalue weighted by Crippen LogP contribution is -2.27. The van der Waals surface area contributed by atoms with E-state index in [2.05, 4.69) is 66.3 Å². The molecule has 0 bridgehead atoms. The summed E-state index contributed by atoms with van der Waals surface area (Å²) in [4.78, 5) is 0. The molecule has 0 saturated heterocycles. The molecule has 0 saturated carbocycles. The Morgan fingerprint density at radius 2 is 1.70 bits per heavy atom. The van der Waals surface area contributed by atoms with E-state index in [1.54, 1.807) is 0 Å². The maximum absolute atomic E-state index is 10.6. The molecule has 0 spiro atoms. The fourth-order valence-electron chi connectivity index (χ4n) is 2.91. The SMILES string of the molecule is CC(C)NCC(O)c1cn(Cc2ccccc2)c2ccccc12. The van der Waals surface area contributed by atoms with Crippen molar-refractivity contribution in [1.82, 2.24) is 9.88 Å². The molecule has 1 heterocycles. The van der Waals surface area contributed by atoms with Gasteiger partial charge in [0.15, 0.2) is 0 Å². The molecule has 0 aliphatic carbocycles. The monoisotopic (exact) mass is 308 g/mol. The van der Waals surface area contributed by atoms with E-state index in [1.165, 1.54) is 5.56 Å². The molecule has 0 aliphatic rings. The molecule has 3 rings (SSSR count). The molecule has 0 fully saturated rings. The van der Waals surface area contributed by atoms with Gasteiger partial charge in [-0.25, -0.2) is 0 Å². The van der Waals surface area contributed by atoms with E-state index in [1.807, 2.05) is 18.2 Å². The average molecular weight is 308 g/mol. The Balaban J connectivity index is 1.93. The normalized spacial score (nSPS) is 12.9. The number of fused-ring (bicyclic) bond motifs is 1. The Kier molecular flexibility index (Phi) is 4.79. The van der Waals surface area contributed by atoms with Crippen LogP contribution in [0.1, 0.15) is 31.1 Å². The first-order chi connectivity index (χ1) is 11.1. The summed E-state index contributed by atoms with van der Waals surface area (Å²) < 4.78 is 2.22. The zero-order chi connectivity index (χ0) is 16.2. The number of hydrogen-bond acceptors (Lipinski definition) is 2. The molecule has 1 atom stereocenters. The Labute approximate surface area is 137 Å². The lowest BCUT2D eigenvalue weighted by molar-refractivity contribution is 0.173. The predicted molar refractivity (Wildman–Crippen MR) is 95.6 cm³/mol. The highest BCUT2D eigenvalue weighted by Crippen LogP contribution is 2.27. The summed E-state index contributed by atoms with van der Waals surface area (Å²) in [6.45, 7) is 5.56. The van der Waals surface area contributed by atoms with Crippen LogP contribution in [0.3, 0.4) is 0 Å². The van der Waals surface area contributed by atoms with E-state index in [0.29, 0.717) is 12.6 Å². The van der Waals surface area contributed by atoms with Crippen LogP contribution in [0.2, 0.25) is 0 Å². The third-order valence-electron chi connectivity index (χ3n) is 4.09. The minimum Gasteiger partial charge on any atom is -0.387 e. The van der Waals surface area contributed by atoms with E-state index in [0.717, 1.165) is 23.0 Å². The van der Waals surface area contributed by atoms with Crippen LogP contribution in [-0.2, 0) is 6.54 Å². The molecule has 3 heteroatoms. The Morgan fingerprint density at radius 3 is 2.43 bits per heavy atom. The van der Waals surface area contributed by atoms with Gasteiger partial charge >= 0.3 is 0 Å². The van der Waals surface area contributed by atoms with Gasteiger partial charge in [0.2, 0.25) is 0 Å². The van der Waals surface area contributed by atoms with Crippen molar-refractivity contribution < 1.29 is 5.11 Å². The van der Waals surface area contributed by atoms with Crippen molar-refractivity contribution in [2.45, 2.75) is 32.5 Å². The number of rotatable bonds is 6. The number of aliphatic hydroxyl groups is 1. The van der Waals surface area contributed by atoms with Crippen LogP contribution in [0.15, 0.2) is 60.8 Å². The van der Waals surface area contributed by atoms with Gasteiger partial charge in [-0.15, -0.1) is 0 Å². The van der Waals surface area contributed by atoms with Crippen molar-refractivity contribution in [2.75, 3.05) is 6.54 Å². The molecule has 23 heavy (non-hydrogen) atoms. The maximum atomic E-state index is 10.6. The van der Waals surface area contributed by atoms with E-state index in [9.17, 15) is 5.11 Å². The first-order valence-corrected chi connectivity index (χ1v) is 8.18. The van der Waals surface area contributed by atoms with Gasteiger partial charge in [0.05, 0.1) is 6.10 Å². The lowest BCUT2D eigenvalue weighted by Gasteiger charge is -2.13. The van der Waals surface area contributed by atoms with Gasteiger partial charge < -0.3 is 15.0 Å². The molecule has 2 N–H and O–H groups in total. The molecule has 0 amide bonds. The minimum absolute atomic E-state index is 0.363. The smallest absolute Gasteiger partial charge is 0.0935 e. The fourth-order valence-corrected chi connectivity index (χ4v) is 2.91. The summed E-state index contributed by atoms with van der Waals surface area (Å²) in [5.41, 5.74) is 3.41. The van der Waals surface area contributed by atoms with Gasteiger partial charge in [0, 0.05) is 41.8 Å². The largest absolute Gasteiger partial charge is 0.387 e. The quantitative estimate of drug-likeness (QED) is 0.728. The lowest BCUT2D eigenvalue weighted by atomic mass is 10.1. The molecule has 1 unspecified atom stereocenters. The van der Waals surface area contributed by atoms with E-state index < -0.39 is 6.10 Å². The van der Waals surface area contributed by atoms with Gasteiger partial charge in [-0.3, -0.25) is 0 Å². The van der Waals surface area contributed by atoms with Gasteiger partial charge in [-0.1, -0.05) is 62.4 Å². The van der Waals surface area contributed by atoms with Crippen LogP contribution in [0.25, 0.3) is 10.9 Å². The summed E-state index contributed by atoms with van der Waals surface area (Å²) in [6.07, 6.45) is 1.59.